The second-order valence-electron chi connectivity index (χ2n) is 4.06. The van der Waals surface area contributed by atoms with Crippen LogP contribution in [0.3, 0.4) is 0 Å². The smallest absolute Gasteiger partial charge is 0.337 e. The molecule has 0 bridgehead atoms. The minimum Gasteiger partial charge on any atom is -0.478 e. The van der Waals surface area contributed by atoms with Crippen molar-refractivity contribution in [2.45, 2.75) is 0 Å². The van der Waals surface area contributed by atoms with E-state index in [2.05, 4.69) is 26.6 Å². The van der Waals surface area contributed by atoms with E-state index in [9.17, 15) is 14.0 Å². The molecule has 5 nitrogen and oxygen atoms in total. The summed E-state index contributed by atoms with van der Waals surface area (Å²) in [4.78, 5) is 22.8. The summed E-state index contributed by atoms with van der Waals surface area (Å²) in [6.07, 6.45) is 0. The van der Waals surface area contributed by atoms with E-state index in [0.29, 0.717) is 0 Å². The molecule has 0 saturated carbocycles. The second-order valence-corrected chi connectivity index (χ2v) is 4.91. The normalized spacial score (nSPS) is 10.0. The summed E-state index contributed by atoms with van der Waals surface area (Å²) in [6.45, 7) is 0. The molecule has 0 saturated heterocycles. The third-order valence-corrected chi connectivity index (χ3v) is 3.23. The van der Waals surface area contributed by atoms with Gasteiger partial charge in [0.2, 0.25) is 0 Å². The van der Waals surface area contributed by atoms with Gasteiger partial charge in [-0.05, 0) is 46.3 Å². The van der Waals surface area contributed by atoms with E-state index in [1.54, 1.807) is 12.1 Å². The fourth-order valence-electron chi connectivity index (χ4n) is 1.64. The van der Waals surface area contributed by atoms with Crippen LogP contribution < -0.4 is 10.6 Å². The van der Waals surface area contributed by atoms with Gasteiger partial charge in [-0.25, -0.2) is 14.0 Å². The predicted molar refractivity (Wildman–Crippen MR) is 80.1 cm³/mol. The molecule has 2 aromatic carbocycles. The van der Waals surface area contributed by atoms with Crippen LogP contribution in [0.15, 0.2) is 46.9 Å². The third-order valence-electron chi connectivity index (χ3n) is 2.58. The van der Waals surface area contributed by atoms with Crippen molar-refractivity contribution in [3.05, 3.63) is 58.3 Å². The first-order chi connectivity index (χ1) is 9.97. The SMILES string of the molecule is O=C(Nc1ccc(Br)c(F)c1)Nc1ccccc1C(=O)O. The van der Waals surface area contributed by atoms with Gasteiger partial charge in [0.1, 0.15) is 5.82 Å². The number of carbonyl (C=O) groups excluding carboxylic acids is 1. The summed E-state index contributed by atoms with van der Waals surface area (Å²) in [5.74, 6) is -1.67. The van der Waals surface area contributed by atoms with Crippen LogP contribution in [-0.4, -0.2) is 17.1 Å². The highest BCUT2D eigenvalue weighted by Crippen LogP contribution is 2.20. The Bertz CT molecular complexity index is 706. The van der Waals surface area contributed by atoms with E-state index < -0.39 is 17.8 Å². The van der Waals surface area contributed by atoms with Crippen LogP contribution >= 0.6 is 15.9 Å². The van der Waals surface area contributed by atoms with E-state index in [1.165, 1.54) is 24.3 Å². The van der Waals surface area contributed by atoms with E-state index in [-0.39, 0.29) is 21.4 Å². The molecule has 0 aliphatic heterocycles. The Balaban J connectivity index is 2.12. The van der Waals surface area contributed by atoms with E-state index >= 15 is 0 Å². The molecular weight excluding hydrogens is 343 g/mol. The van der Waals surface area contributed by atoms with Crippen molar-refractivity contribution in [3.8, 4) is 0 Å². The van der Waals surface area contributed by atoms with Crippen LogP contribution in [0.2, 0.25) is 0 Å². The number of carbonyl (C=O) groups is 2. The molecule has 21 heavy (non-hydrogen) atoms. The van der Waals surface area contributed by atoms with Gasteiger partial charge in [0.25, 0.3) is 0 Å². The van der Waals surface area contributed by atoms with Gasteiger partial charge in [-0.1, -0.05) is 12.1 Å². The number of hydrogen-bond donors (Lipinski definition) is 3. The zero-order valence-electron chi connectivity index (χ0n) is 10.6. The van der Waals surface area contributed by atoms with Gasteiger partial charge in [0.05, 0.1) is 15.7 Å². The molecule has 0 aliphatic rings. The van der Waals surface area contributed by atoms with Crippen LogP contribution in [-0.2, 0) is 0 Å². The first kappa shape index (κ1) is 15.0. The summed E-state index contributed by atoms with van der Waals surface area (Å²) >= 11 is 3.01. The average Bonchev–Trinajstić information content (AvgIpc) is 2.43. The number of anilines is 2. The van der Waals surface area contributed by atoms with Crippen LogP contribution in [0.1, 0.15) is 10.4 Å². The molecule has 108 valence electrons. The maximum Gasteiger partial charge on any atom is 0.337 e. The van der Waals surface area contributed by atoms with Crippen molar-refractivity contribution in [1.29, 1.82) is 0 Å². The van der Waals surface area contributed by atoms with Gasteiger partial charge in [-0.3, -0.25) is 0 Å². The Labute approximate surface area is 127 Å². The maximum absolute atomic E-state index is 13.3. The molecule has 0 radical (unpaired) electrons. The van der Waals surface area contributed by atoms with Crippen LogP contribution in [0.4, 0.5) is 20.6 Å². The van der Waals surface area contributed by atoms with E-state index in [4.69, 9.17) is 5.11 Å². The zero-order chi connectivity index (χ0) is 15.4. The van der Waals surface area contributed by atoms with Crippen molar-refractivity contribution in [3.63, 3.8) is 0 Å². The topological polar surface area (TPSA) is 78.4 Å². The molecular formula is C14H10BrFN2O3. The lowest BCUT2D eigenvalue weighted by atomic mass is 10.2. The molecule has 7 heteroatoms. The fourth-order valence-corrected chi connectivity index (χ4v) is 1.88. The van der Waals surface area contributed by atoms with Gasteiger partial charge in [0.15, 0.2) is 0 Å². The number of carboxylic acids is 1. The summed E-state index contributed by atoms with van der Waals surface area (Å²) in [5, 5.41) is 13.8. The Morgan fingerprint density at radius 1 is 1.10 bits per heavy atom. The number of urea groups is 1. The van der Waals surface area contributed by atoms with Crippen molar-refractivity contribution in [2.75, 3.05) is 10.6 Å². The molecule has 0 unspecified atom stereocenters. The molecule has 3 N–H and O–H groups in total. The largest absolute Gasteiger partial charge is 0.478 e. The molecule has 0 aliphatic carbocycles. The van der Waals surface area contributed by atoms with Gasteiger partial charge in [-0.15, -0.1) is 0 Å². The summed E-state index contributed by atoms with van der Waals surface area (Å²) in [5.41, 5.74) is 0.371. The van der Waals surface area contributed by atoms with Crippen LogP contribution in [0, 0.1) is 5.82 Å². The van der Waals surface area contributed by atoms with Crippen molar-refractivity contribution in [2.24, 2.45) is 0 Å². The van der Waals surface area contributed by atoms with Gasteiger partial charge in [-0.2, -0.15) is 0 Å². The second kappa shape index (κ2) is 6.36. The molecule has 2 amide bonds. The minimum atomic E-state index is -1.15. The number of rotatable bonds is 3. The highest BCUT2D eigenvalue weighted by atomic mass is 79.9. The molecule has 0 spiro atoms. The number of benzene rings is 2. The third kappa shape index (κ3) is 3.79. The number of nitrogens with one attached hydrogen (secondary N) is 2. The number of carboxylic acid groups (broad SMARTS) is 1. The minimum absolute atomic E-state index is 0.0327. The molecule has 0 fully saturated rings. The molecule has 0 heterocycles. The fraction of sp³-hybridized carbons (Fsp3) is 0. The predicted octanol–water partition coefficient (Wildman–Crippen LogP) is 3.93. The molecule has 0 aromatic heterocycles. The average molecular weight is 353 g/mol. The number of para-hydroxylation sites is 1. The number of hydrogen-bond acceptors (Lipinski definition) is 2. The molecule has 0 atom stereocenters. The lowest BCUT2D eigenvalue weighted by Crippen LogP contribution is -2.21. The Morgan fingerprint density at radius 2 is 1.81 bits per heavy atom. The lowest BCUT2D eigenvalue weighted by molar-refractivity contribution is 0.0698. The number of amides is 2. The summed E-state index contributed by atoms with van der Waals surface area (Å²) < 4.78 is 13.6. The first-order valence-corrected chi connectivity index (χ1v) is 6.62. The van der Waals surface area contributed by atoms with E-state index in [1.807, 2.05) is 0 Å². The highest BCUT2D eigenvalue weighted by molar-refractivity contribution is 9.10. The zero-order valence-corrected chi connectivity index (χ0v) is 12.1. The number of aromatic carboxylic acids is 1. The number of halogens is 2. The van der Waals surface area contributed by atoms with Gasteiger partial charge in [0, 0.05) is 5.69 Å². The van der Waals surface area contributed by atoms with Crippen molar-refractivity contribution in [1.82, 2.24) is 0 Å². The standard InChI is InChI=1S/C14H10BrFN2O3/c15-10-6-5-8(7-11(10)16)17-14(21)18-12-4-2-1-3-9(12)13(19)20/h1-7H,(H,19,20)(H2,17,18,21). The van der Waals surface area contributed by atoms with Gasteiger partial charge < -0.3 is 15.7 Å². The molecule has 2 aromatic rings. The first-order valence-electron chi connectivity index (χ1n) is 5.83. The highest BCUT2D eigenvalue weighted by Gasteiger charge is 2.12. The Morgan fingerprint density at radius 3 is 2.48 bits per heavy atom. The van der Waals surface area contributed by atoms with E-state index in [0.717, 1.165) is 6.07 Å². The molecule has 2 rings (SSSR count). The Kier molecular flexibility index (Phi) is 4.54. The summed E-state index contributed by atoms with van der Waals surface area (Å²) in [6, 6.07) is 9.43. The van der Waals surface area contributed by atoms with Crippen LogP contribution in [0.25, 0.3) is 0 Å². The quantitative estimate of drug-likeness (QED) is 0.782. The summed E-state index contributed by atoms with van der Waals surface area (Å²) in [7, 11) is 0. The monoisotopic (exact) mass is 352 g/mol. The van der Waals surface area contributed by atoms with Crippen molar-refractivity contribution < 1.29 is 19.1 Å². The lowest BCUT2D eigenvalue weighted by Gasteiger charge is -2.10. The van der Waals surface area contributed by atoms with Gasteiger partial charge >= 0.3 is 12.0 Å². The van der Waals surface area contributed by atoms with Crippen molar-refractivity contribution >= 4 is 39.3 Å². The van der Waals surface area contributed by atoms with Crippen LogP contribution in [0.5, 0.6) is 0 Å². The maximum atomic E-state index is 13.3. The Hall–Kier alpha value is -2.41.